The van der Waals surface area contributed by atoms with Crippen molar-refractivity contribution >= 4 is 35.0 Å². The van der Waals surface area contributed by atoms with E-state index in [1.807, 2.05) is 62.4 Å². The van der Waals surface area contributed by atoms with E-state index in [1.165, 1.54) is 0 Å². The van der Waals surface area contributed by atoms with E-state index < -0.39 is 23.9 Å². The molecule has 0 spiro atoms. The fourth-order valence-corrected chi connectivity index (χ4v) is 5.00. The van der Waals surface area contributed by atoms with Gasteiger partial charge in [0.15, 0.2) is 0 Å². The molecule has 3 aromatic carbocycles. The average molecular weight is 609 g/mol. The Hall–Kier alpha value is -4.94. The Kier molecular flexibility index (Phi) is 11.5. The Morgan fingerprint density at radius 2 is 1.44 bits per heavy atom. The summed E-state index contributed by atoms with van der Waals surface area (Å²) in [5, 5.41) is 17.4. The van der Waals surface area contributed by atoms with Crippen molar-refractivity contribution in [2.24, 2.45) is 5.92 Å². The van der Waals surface area contributed by atoms with E-state index >= 15 is 0 Å². The maximum Gasteiger partial charge on any atom is 0.246 e. The first kappa shape index (κ1) is 33.0. The third-order valence-electron chi connectivity index (χ3n) is 7.64. The number of unbranched alkanes of at least 4 members (excludes halogenated alkanes) is 1. The number of rotatable bonds is 12. The number of carbonyl (C=O) groups is 4. The minimum atomic E-state index is -0.842. The zero-order valence-electron chi connectivity index (χ0n) is 25.9. The van der Waals surface area contributed by atoms with E-state index in [1.54, 1.807) is 36.1 Å². The second-order valence-corrected chi connectivity index (χ2v) is 11.5. The summed E-state index contributed by atoms with van der Waals surface area (Å²) >= 11 is 0. The first-order chi connectivity index (χ1) is 21.7. The van der Waals surface area contributed by atoms with Crippen molar-refractivity contribution in [3.8, 4) is 11.8 Å². The zero-order chi connectivity index (χ0) is 32.3. The Morgan fingerprint density at radius 3 is 2.16 bits per heavy atom. The van der Waals surface area contributed by atoms with Crippen molar-refractivity contribution < 1.29 is 24.3 Å². The lowest BCUT2D eigenvalue weighted by atomic mass is 10.0. The fourth-order valence-electron chi connectivity index (χ4n) is 5.00. The Bertz CT molecular complexity index is 1590. The summed E-state index contributed by atoms with van der Waals surface area (Å²) in [5.41, 5.74) is 4.70. The number of hydrogen-bond donors (Lipinski definition) is 4. The number of aliphatic hydroxyl groups is 1. The SMILES string of the molecule is CC(NC(=O)C(NC(=O)CCCCC(=O)N1Cc2ccccc2C#Cc2ccccc21)C(C)C)C(=O)Nc1ccc(CO)cc1. The second kappa shape index (κ2) is 15.7. The van der Waals surface area contributed by atoms with Gasteiger partial charge in [-0.3, -0.25) is 19.2 Å². The van der Waals surface area contributed by atoms with E-state index in [0.717, 1.165) is 27.9 Å². The van der Waals surface area contributed by atoms with Crippen LogP contribution in [0.2, 0.25) is 0 Å². The molecule has 3 aromatic rings. The van der Waals surface area contributed by atoms with Crippen molar-refractivity contribution in [2.75, 3.05) is 10.2 Å². The lowest BCUT2D eigenvalue weighted by Gasteiger charge is -2.26. The number of nitrogens with one attached hydrogen (secondary N) is 3. The molecule has 9 heteroatoms. The molecule has 4 amide bonds. The van der Waals surface area contributed by atoms with Crippen LogP contribution in [0, 0.1) is 17.8 Å². The molecule has 0 saturated carbocycles. The molecule has 45 heavy (non-hydrogen) atoms. The molecule has 4 rings (SSSR count). The van der Waals surface area contributed by atoms with Crippen LogP contribution in [0.1, 0.15) is 68.7 Å². The van der Waals surface area contributed by atoms with Crippen LogP contribution in [0.5, 0.6) is 0 Å². The van der Waals surface area contributed by atoms with Crippen LogP contribution in [-0.4, -0.2) is 40.8 Å². The highest BCUT2D eigenvalue weighted by molar-refractivity contribution is 5.98. The van der Waals surface area contributed by atoms with Gasteiger partial charge in [-0.2, -0.15) is 0 Å². The smallest absolute Gasteiger partial charge is 0.246 e. The zero-order valence-corrected chi connectivity index (χ0v) is 25.9. The van der Waals surface area contributed by atoms with Crippen molar-refractivity contribution in [3.63, 3.8) is 0 Å². The van der Waals surface area contributed by atoms with Crippen LogP contribution in [-0.2, 0) is 32.3 Å². The summed E-state index contributed by atoms with van der Waals surface area (Å²) in [6, 6.07) is 20.5. The third-order valence-corrected chi connectivity index (χ3v) is 7.64. The molecule has 0 bridgehead atoms. The third kappa shape index (κ3) is 9.03. The van der Waals surface area contributed by atoms with E-state index in [4.69, 9.17) is 0 Å². The minimum Gasteiger partial charge on any atom is -0.392 e. The first-order valence-electron chi connectivity index (χ1n) is 15.3. The van der Waals surface area contributed by atoms with Crippen molar-refractivity contribution in [3.05, 3.63) is 95.1 Å². The van der Waals surface area contributed by atoms with Crippen molar-refractivity contribution in [1.82, 2.24) is 10.6 Å². The molecule has 1 aliphatic rings. The van der Waals surface area contributed by atoms with Crippen molar-refractivity contribution in [1.29, 1.82) is 0 Å². The molecule has 0 aliphatic carbocycles. The van der Waals surface area contributed by atoms with Crippen LogP contribution in [0.25, 0.3) is 0 Å². The van der Waals surface area contributed by atoms with Gasteiger partial charge >= 0.3 is 0 Å². The van der Waals surface area contributed by atoms with Gasteiger partial charge in [-0.15, -0.1) is 0 Å². The molecule has 4 N–H and O–H groups in total. The normalized spacial score (nSPS) is 13.1. The maximum atomic E-state index is 13.4. The maximum absolute atomic E-state index is 13.4. The lowest BCUT2D eigenvalue weighted by Crippen LogP contribution is -2.53. The van der Waals surface area contributed by atoms with E-state index in [0.29, 0.717) is 25.1 Å². The topological polar surface area (TPSA) is 128 Å². The molecule has 9 nitrogen and oxygen atoms in total. The summed E-state index contributed by atoms with van der Waals surface area (Å²) < 4.78 is 0. The molecule has 0 aromatic heterocycles. The van der Waals surface area contributed by atoms with Gasteiger partial charge < -0.3 is 26.0 Å². The van der Waals surface area contributed by atoms with Gasteiger partial charge in [0.05, 0.1) is 18.8 Å². The molecule has 234 valence electrons. The summed E-state index contributed by atoms with van der Waals surface area (Å²) in [6.45, 7) is 5.53. The highest BCUT2D eigenvalue weighted by Gasteiger charge is 2.27. The molecule has 0 radical (unpaired) electrons. The number of fused-ring (bicyclic) bond motifs is 2. The predicted octanol–water partition coefficient (Wildman–Crippen LogP) is 4.27. The molecule has 1 heterocycles. The summed E-state index contributed by atoms with van der Waals surface area (Å²) in [7, 11) is 0. The molecule has 2 atom stereocenters. The quantitative estimate of drug-likeness (QED) is 0.180. The Labute approximate surface area is 264 Å². The second-order valence-electron chi connectivity index (χ2n) is 11.5. The van der Waals surface area contributed by atoms with Crippen LogP contribution in [0.4, 0.5) is 11.4 Å². The lowest BCUT2D eigenvalue weighted by molar-refractivity contribution is -0.131. The number of hydrogen-bond acceptors (Lipinski definition) is 5. The predicted molar refractivity (Wildman–Crippen MR) is 174 cm³/mol. The number of nitrogens with zero attached hydrogens (tertiary/aromatic N) is 1. The van der Waals surface area contributed by atoms with E-state index in [2.05, 4.69) is 27.8 Å². The van der Waals surface area contributed by atoms with Gasteiger partial charge in [0, 0.05) is 29.7 Å². The largest absolute Gasteiger partial charge is 0.392 e. The molecule has 1 aliphatic heterocycles. The number of amides is 4. The summed E-state index contributed by atoms with van der Waals surface area (Å²) in [6.07, 6.45) is 1.41. The monoisotopic (exact) mass is 608 g/mol. The van der Waals surface area contributed by atoms with Crippen LogP contribution < -0.4 is 20.9 Å². The van der Waals surface area contributed by atoms with E-state index in [-0.39, 0.29) is 37.2 Å². The van der Waals surface area contributed by atoms with Crippen LogP contribution in [0.15, 0.2) is 72.8 Å². The highest BCUT2D eigenvalue weighted by Crippen LogP contribution is 2.26. The van der Waals surface area contributed by atoms with Gasteiger partial charge in [0.2, 0.25) is 23.6 Å². The van der Waals surface area contributed by atoms with Gasteiger partial charge in [-0.1, -0.05) is 68.2 Å². The molecule has 2 unspecified atom stereocenters. The summed E-state index contributed by atoms with van der Waals surface area (Å²) in [5.74, 6) is 5.01. The van der Waals surface area contributed by atoms with Gasteiger partial charge in [0.25, 0.3) is 0 Å². The number of benzene rings is 3. The van der Waals surface area contributed by atoms with Gasteiger partial charge in [-0.05, 0) is 67.1 Å². The first-order valence-corrected chi connectivity index (χ1v) is 15.3. The minimum absolute atomic E-state index is 0.0441. The molecular formula is C36H40N4O5. The van der Waals surface area contributed by atoms with Crippen LogP contribution >= 0.6 is 0 Å². The molecule has 0 saturated heterocycles. The fraction of sp³-hybridized carbons (Fsp3) is 0.333. The number of anilines is 2. The number of aliphatic hydroxyl groups excluding tert-OH is 1. The standard InChI is InChI=1S/C36H40N4O5/c1-24(2)34(36(45)37-25(3)35(44)38-30-20-16-26(23-41)17-21-30)39-32(42)14-8-9-15-33(43)40-22-29-12-5-4-10-27(29)18-19-28-11-6-7-13-31(28)40/h4-7,10-13,16-17,20-21,24-25,34,41H,8-9,14-15,22-23H2,1-3H3,(H,37,45)(H,38,44)(H,39,42). The molecular weight excluding hydrogens is 568 g/mol. The Balaban J connectivity index is 1.26. The average Bonchev–Trinajstić information content (AvgIpc) is 3.03. The number of para-hydroxylation sites is 1. The highest BCUT2D eigenvalue weighted by atomic mass is 16.3. The molecule has 0 fully saturated rings. The Morgan fingerprint density at radius 1 is 0.800 bits per heavy atom. The van der Waals surface area contributed by atoms with Gasteiger partial charge in [0.1, 0.15) is 12.1 Å². The van der Waals surface area contributed by atoms with Crippen LogP contribution in [0.3, 0.4) is 0 Å². The van der Waals surface area contributed by atoms with Crippen molar-refractivity contribution in [2.45, 2.75) is 71.7 Å². The number of carbonyl (C=O) groups excluding carboxylic acids is 4. The summed E-state index contributed by atoms with van der Waals surface area (Å²) in [4.78, 5) is 53.6. The van der Waals surface area contributed by atoms with Gasteiger partial charge in [-0.25, -0.2) is 0 Å². The van der Waals surface area contributed by atoms with E-state index in [9.17, 15) is 24.3 Å².